The first-order valence-corrected chi connectivity index (χ1v) is 6.59. The highest BCUT2D eigenvalue weighted by atomic mass is 16.5. The highest BCUT2D eigenvalue weighted by molar-refractivity contribution is 5.04. The van der Waals surface area contributed by atoms with Crippen molar-refractivity contribution in [2.45, 2.75) is 39.3 Å². The molecule has 2 rings (SSSR count). The summed E-state index contributed by atoms with van der Waals surface area (Å²) in [6.45, 7) is 8.23. The summed E-state index contributed by atoms with van der Waals surface area (Å²) in [5.74, 6) is 0.773. The first kappa shape index (κ1) is 12.6. The van der Waals surface area contributed by atoms with E-state index in [-0.39, 0.29) is 6.10 Å². The van der Waals surface area contributed by atoms with Crippen LogP contribution in [0.2, 0.25) is 0 Å². The number of nitrogens with one attached hydrogen (secondary N) is 1. The lowest BCUT2D eigenvalue weighted by Crippen LogP contribution is -2.34. The molecule has 0 aromatic carbocycles. The summed E-state index contributed by atoms with van der Waals surface area (Å²) < 4.78 is 8.00. The van der Waals surface area contributed by atoms with E-state index >= 15 is 0 Å². The quantitative estimate of drug-likeness (QED) is 0.851. The van der Waals surface area contributed by atoms with E-state index in [1.54, 1.807) is 0 Å². The molecule has 96 valence electrons. The van der Waals surface area contributed by atoms with Crippen molar-refractivity contribution >= 4 is 0 Å². The number of hydrogen-bond donors (Lipinski definition) is 1. The zero-order valence-electron chi connectivity index (χ0n) is 10.9. The second kappa shape index (κ2) is 6.17. The Balaban J connectivity index is 1.91. The topological polar surface area (TPSA) is 39.1 Å². The van der Waals surface area contributed by atoms with Crippen molar-refractivity contribution in [3.63, 3.8) is 0 Å². The minimum Gasteiger partial charge on any atom is -0.369 e. The van der Waals surface area contributed by atoms with E-state index in [4.69, 9.17) is 4.74 Å². The van der Waals surface area contributed by atoms with Gasteiger partial charge in [0.2, 0.25) is 0 Å². The predicted octanol–water partition coefficient (Wildman–Crippen LogP) is 1.98. The molecule has 1 fully saturated rings. The fourth-order valence-electron chi connectivity index (χ4n) is 2.21. The zero-order chi connectivity index (χ0) is 12.1. The second-order valence-electron chi connectivity index (χ2n) is 5.11. The Morgan fingerprint density at radius 3 is 3.18 bits per heavy atom. The number of ether oxygens (including phenoxy) is 1. The zero-order valence-corrected chi connectivity index (χ0v) is 10.9. The standard InChI is InChI=1S/C13H23N3O/c1-11(2)4-3-6-16-10-15-8-12(16)13-9-14-5-7-17-13/h8,10-11,13-14H,3-7,9H2,1-2H3. The van der Waals surface area contributed by atoms with Crippen LogP contribution in [0.1, 0.15) is 38.5 Å². The maximum Gasteiger partial charge on any atom is 0.111 e. The Labute approximate surface area is 103 Å². The Morgan fingerprint density at radius 2 is 2.47 bits per heavy atom. The van der Waals surface area contributed by atoms with Crippen molar-refractivity contribution < 1.29 is 4.74 Å². The Morgan fingerprint density at radius 1 is 1.59 bits per heavy atom. The second-order valence-corrected chi connectivity index (χ2v) is 5.11. The molecule has 1 aromatic heterocycles. The van der Waals surface area contributed by atoms with Gasteiger partial charge in [-0.15, -0.1) is 0 Å². The van der Waals surface area contributed by atoms with Crippen molar-refractivity contribution in [2.24, 2.45) is 5.92 Å². The van der Waals surface area contributed by atoms with Crippen LogP contribution >= 0.6 is 0 Å². The van der Waals surface area contributed by atoms with Gasteiger partial charge in [-0.2, -0.15) is 0 Å². The molecule has 0 spiro atoms. The third kappa shape index (κ3) is 3.54. The average Bonchev–Trinajstić information content (AvgIpc) is 2.78. The van der Waals surface area contributed by atoms with Gasteiger partial charge < -0.3 is 14.6 Å². The summed E-state index contributed by atoms with van der Waals surface area (Å²) in [5.41, 5.74) is 1.21. The smallest absolute Gasteiger partial charge is 0.111 e. The highest BCUT2D eigenvalue weighted by Crippen LogP contribution is 2.19. The molecule has 4 heteroatoms. The van der Waals surface area contributed by atoms with Gasteiger partial charge >= 0.3 is 0 Å². The lowest BCUT2D eigenvalue weighted by molar-refractivity contribution is 0.0227. The molecular formula is C13H23N3O. The molecule has 0 aliphatic carbocycles. The van der Waals surface area contributed by atoms with Crippen molar-refractivity contribution in [3.05, 3.63) is 18.2 Å². The van der Waals surface area contributed by atoms with Gasteiger partial charge in [-0.3, -0.25) is 0 Å². The minimum atomic E-state index is 0.172. The SMILES string of the molecule is CC(C)CCCn1cncc1C1CNCCO1. The van der Waals surface area contributed by atoms with E-state index in [0.717, 1.165) is 32.2 Å². The summed E-state index contributed by atoms with van der Waals surface area (Å²) in [4.78, 5) is 4.25. The van der Waals surface area contributed by atoms with Gasteiger partial charge in [0.05, 0.1) is 24.8 Å². The molecule has 0 amide bonds. The lowest BCUT2D eigenvalue weighted by Gasteiger charge is -2.24. The molecule has 0 bridgehead atoms. The summed E-state index contributed by atoms with van der Waals surface area (Å²) in [5, 5.41) is 3.36. The van der Waals surface area contributed by atoms with Crippen LogP contribution in [0.4, 0.5) is 0 Å². The predicted molar refractivity (Wildman–Crippen MR) is 67.9 cm³/mol. The maximum absolute atomic E-state index is 5.77. The first-order valence-electron chi connectivity index (χ1n) is 6.59. The third-order valence-corrected chi connectivity index (χ3v) is 3.18. The van der Waals surface area contributed by atoms with Gasteiger partial charge in [-0.1, -0.05) is 13.8 Å². The summed E-state index contributed by atoms with van der Waals surface area (Å²) in [6, 6.07) is 0. The first-order chi connectivity index (χ1) is 8.27. The van der Waals surface area contributed by atoms with E-state index in [0.29, 0.717) is 0 Å². The number of aryl methyl sites for hydroxylation is 1. The fraction of sp³-hybridized carbons (Fsp3) is 0.769. The number of imidazole rings is 1. The van der Waals surface area contributed by atoms with Crippen molar-refractivity contribution in [1.82, 2.24) is 14.9 Å². The lowest BCUT2D eigenvalue weighted by atomic mass is 10.1. The van der Waals surface area contributed by atoms with Crippen LogP contribution in [-0.4, -0.2) is 29.2 Å². The minimum absolute atomic E-state index is 0.172. The molecule has 1 aliphatic rings. The van der Waals surface area contributed by atoms with Crippen LogP contribution in [0.15, 0.2) is 12.5 Å². The van der Waals surface area contributed by atoms with E-state index in [1.165, 1.54) is 18.5 Å². The monoisotopic (exact) mass is 237 g/mol. The number of rotatable bonds is 5. The van der Waals surface area contributed by atoms with Crippen LogP contribution in [0.5, 0.6) is 0 Å². The van der Waals surface area contributed by atoms with Gasteiger partial charge in [-0.05, 0) is 18.8 Å². The summed E-state index contributed by atoms with van der Waals surface area (Å²) in [7, 11) is 0. The average molecular weight is 237 g/mol. The molecule has 1 aromatic rings. The number of aromatic nitrogens is 2. The molecule has 1 atom stereocenters. The van der Waals surface area contributed by atoms with E-state index in [1.807, 2.05) is 12.5 Å². The summed E-state index contributed by atoms with van der Waals surface area (Å²) >= 11 is 0. The van der Waals surface area contributed by atoms with E-state index in [2.05, 4.69) is 28.7 Å². The molecule has 0 saturated carbocycles. The maximum atomic E-state index is 5.77. The molecule has 1 saturated heterocycles. The third-order valence-electron chi connectivity index (χ3n) is 3.18. The van der Waals surface area contributed by atoms with Crippen LogP contribution in [-0.2, 0) is 11.3 Å². The Hall–Kier alpha value is -0.870. The summed E-state index contributed by atoms with van der Waals surface area (Å²) in [6.07, 6.45) is 6.51. The van der Waals surface area contributed by atoms with Gasteiger partial charge in [-0.25, -0.2) is 4.98 Å². The number of morpholine rings is 1. The van der Waals surface area contributed by atoms with Gasteiger partial charge in [0, 0.05) is 19.6 Å². The highest BCUT2D eigenvalue weighted by Gasteiger charge is 2.19. The molecule has 1 unspecified atom stereocenters. The molecular weight excluding hydrogens is 214 g/mol. The van der Waals surface area contributed by atoms with Crippen molar-refractivity contribution in [1.29, 1.82) is 0 Å². The van der Waals surface area contributed by atoms with Gasteiger partial charge in [0.15, 0.2) is 0 Å². The van der Waals surface area contributed by atoms with Gasteiger partial charge in [0.1, 0.15) is 6.10 Å². The molecule has 17 heavy (non-hydrogen) atoms. The normalized spacial score (nSPS) is 21.0. The Kier molecular flexibility index (Phi) is 4.57. The molecule has 1 aliphatic heterocycles. The largest absolute Gasteiger partial charge is 0.369 e. The van der Waals surface area contributed by atoms with Crippen molar-refractivity contribution in [2.75, 3.05) is 19.7 Å². The molecule has 1 N–H and O–H groups in total. The molecule has 0 radical (unpaired) electrons. The molecule has 2 heterocycles. The van der Waals surface area contributed by atoms with Crippen molar-refractivity contribution in [3.8, 4) is 0 Å². The van der Waals surface area contributed by atoms with E-state index in [9.17, 15) is 0 Å². The Bertz CT molecular complexity index is 329. The van der Waals surface area contributed by atoms with Crippen LogP contribution in [0.25, 0.3) is 0 Å². The number of nitrogens with zero attached hydrogens (tertiary/aromatic N) is 2. The fourth-order valence-corrected chi connectivity index (χ4v) is 2.21. The van der Waals surface area contributed by atoms with Crippen LogP contribution in [0, 0.1) is 5.92 Å². The van der Waals surface area contributed by atoms with Crippen LogP contribution < -0.4 is 5.32 Å². The molecule has 4 nitrogen and oxygen atoms in total. The van der Waals surface area contributed by atoms with E-state index < -0.39 is 0 Å². The van der Waals surface area contributed by atoms with Gasteiger partial charge in [0.25, 0.3) is 0 Å². The number of hydrogen-bond acceptors (Lipinski definition) is 3. The van der Waals surface area contributed by atoms with Crippen LogP contribution in [0.3, 0.4) is 0 Å².